The van der Waals surface area contributed by atoms with Crippen LogP contribution in [-0.2, 0) is 24.4 Å². The molecule has 1 aromatic heterocycles. The lowest BCUT2D eigenvalue weighted by Crippen LogP contribution is -2.39. The molecule has 6 nitrogen and oxygen atoms in total. The lowest BCUT2D eigenvalue weighted by atomic mass is 10.2. The number of nitrogens with zero attached hydrogens (tertiary/aromatic N) is 2. The number of amides is 1. The summed E-state index contributed by atoms with van der Waals surface area (Å²) < 4.78 is 7.02. The highest BCUT2D eigenvalue weighted by atomic mass is 16.6. The fourth-order valence-electron chi connectivity index (χ4n) is 2.56. The normalized spacial score (nSPS) is 13.5. The average molecular weight is 300 g/mol. The third-order valence-electron chi connectivity index (χ3n) is 3.70. The Kier molecular flexibility index (Phi) is 3.82. The Bertz CT molecular complexity index is 693. The summed E-state index contributed by atoms with van der Waals surface area (Å²) in [6.45, 7) is 1.50. The number of rotatable bonds is 3. The molecule has 0 spiro atoms. The van der Waals surface area contributed by atoms with Crippen LogP contribution in [0.5, 0.6) is 0 Å². The zero-order valence-corrected chi connectivity index (χ0v) is 11.9. The minimum atomic E-state index is -0.952. The van der Waals surface area contributed by atoms with Crippen LogP contribution in [0.1, 0.15) is 21.7 Å². The molecule has 2 aromatic rings. The summed E-state index contributed by atoms with van der Waals surface area (Å²) in [7, 11) is 0. The predicted molar refractivity (Wildman–Crippen MR) is 78.4 cm³/mol. The van der Waals surface area contributed by atoms with Crippen molar-refractivity contribution in [1.29, 1.82) is 0 Å². The van der Waals surface area contributed by atoms with Crippen molar-refractivity contribution in [3.05, 3.63) is 59.4 Å². The number of hydrogen-bond acceptors (Lipinski definition) is 3. The van der Waals surface area contributed by atoms with E-state index in [9.17, 15) is 9.59 Å². The van der Waals surface area contributed by atoms with Gasteiger partial charge in [0.15, 0.2) is 0 Å². The summed E-state index contributed by atoms with van der Waals surface area (Å²) in [5, 5.41) is 9.09. The number of ether oxygens (including phenoxy) is 1. The summed E-state index contributed by atoms with van der Waals surface area (Å²) in [5.74, 6) is -0.952. The van der Waals surface area contributed by atoms with Crippen molar-refractivity contribution in [2.24, 2.45) is 0 Å². The molecule has 22 heavy (non-hydrogen) atoms. The van der Waals surface area contributed by atoms with Crippen molar-refractivity contribution in [2.75, 3.05) is 6.54 Å². The number of aromatic nitrogens is 1. The van der Waals surface area contributed by atoms with E-state index in [1.54, 1.807) is 21.6 Å². The Morgan fingerprint density at radius 1 is 1.09 bits per heavy atom. The van der Waals surface area contributed by atoms with Gasteiger partial charge in [-0.1, -0.05) is 30.3 Å². The Labute approximate surface area is 127 Å². The van der Waals surface area contributed by atoms with Gasteiger partial charge >= 0.3 is 12.1 Å². The molecule has 0 saturated carbocycles. The van der Waals surface area contributed by atoms with Crippen LogP contribution in [0.2, 0.25) is 0 Å². The molecule has 1 aliphatic rings. The number of hydrogen-bond donors (Lipinski definition) is 1. The number of carbonyl (C=O) groups is 2. The van der Waals surface area contributed by atoms with Gasteiger partial charge in [0.25, 0.3) is 0 Å². The van der Waals surface area contributed by atoms with E-state index in [2.05, 4.69) is 0 Å². The number of benzene rings is 1. The molecule has 0 aliphatic carbocycles. The fraction of sp³-hybridized carbons (Fsp3) is 0.250. The van der Waals surface area contributed by atoms with Crippen LogP contribution in [0, 0.1) is 0 Å². The fourth-order valence-corrected chi connectivity index (χ4v) is 2.56. The van der Waals surface area contributed by atoms with Gasteiger partial charge in [-0.2, -0.15) is 0 Å². The number of fused-ring (bicyclic) bond motifs is 1. The highest BCUT2D eigenvalue weighted by molar-refractivity contribution is 5.86. The maximum atomic E-state index is 12.1. The monoisotopic (exact) mass is 300 g/mol. The lowest BCUT2D eigenvalue weighted by molar-refractivity contribution is 0.0677. The Morgan fingerprint density at radius 3 is 2.59 bits per heavy atom. The predicted octanol–water partition coefficient (Wildman–Crippen LogP) is 2.34. The molecule has 114 valence electrons. The average Bonchev–Trinajstić information content (AvgIpc) is 2.97. The zero-order chi connectivity index (χ0) is 15.5. The second-order valence-electron chi connectivity index (χ2n) is 5.13. The molecule has 3 rings (SSSR count). The van der Waals surface area contributed by atoms with Crippen molar-refractivity contribution < 1.29 is 19.4 Å². The van der Waals surface area contributed by atoms with E-state index >= 15 is 0 Å². The number of carboxylic acid groups (broad SMARTS) is 1. The molecule has 0 saturated heterocycles. The highest BCUT2D eigenvalue weighted by Gasteiger charge is 2.24. The van der Waals surface area contributed by atoms with Gasteiger partial charge in [-0.25, -0.2) is 9.59 Å². The van der Waals surface area contributed by atoms with Gasteiger partial charge in [-0.3, -0.25) is 0 Å². The Hall–Kier alpha value is -2.76. The van der Waals surface area contributed by atoms with E-state index in [1.807, 2.05) is 30.3 Å². The van der Waals surface area contributed by atoms with Gasteiger partial charge in [0.1, 0.15) is 12.3 Å². The molecule has 0 bridgehead atoms. The maximum Gasteiger partial charge on any atom is 0.410 e. The van der Waals surface area contributed by atoms with Gasteiger partial charge in [-0.15, -0.1) is 0 Å². The first-order valence-electron chi connectivity index (χ1n) is 7.02. The molecule has 0 fully saturated rings. The molecule has 1 N–H and O–H groups in total. The summed E-state index contributed by atoms with van der Waals surface area (Å²) in [6.07, 6.45) is -0.381. The quantitative estimate of drug-likeness (QED) is 0.944. The summed E-state index contributed by atoms with van der Waals surface area (Å²) >= 11 is 0. The largest absolute Gasteiger partial charge is 0.477 e. The van der Waals surface area contributed by atoms with E-state index in [-0.39, 0.29) is 18.4 Å². The number of aromatic carboxylic acids is 1. The Balaban J connectivity index is 1.62. The molecule has 0 atom stereocenters. The standard InChI is InChI=1S/C16H16N2O4/c19-15(20)14-7-6-13-10-17(8-9-18(13)14)16(21)22-11-12-4-2-1-3-5-12/h1-7H,8-11H2,(H,19,20). The van der Waals surface area contributed by atoms with Crippen LogP contribution >= 0.6 is 0 Å². The number of carboxylic acids is 1. The van der Waals surface area contributed by atoms with Gasteiger partial charge < -0.3 is 19.3 Å². The van der Waals surface area contributed by atoms with Gasteiger partial charge in [-0.05, 0) is 17.7 Å². The van der Waals surface area contributed by atoms with Crippen LogP contribution in [0.4, 0.5) is 4.79 Å². The smallest absolute Gasteiger partial charge is 0.410 e. The van der Waals surface area contributed by atoms with Crippen molar-refractivity contribution in [3.63, 3.8) is 0 Å². The van der Waals surface area contributed by atoms with Crippen molar-refractivity contribution in [3.8, 4) is 0 Å². The first-order chi connectivity index (χ1) is 10.6. The first kappa shape index (κ1) is 14.2. The van der Waals surface area contributed by atoms with Crippen LogP contribution in [-0.4, -0.2) is 33.2 Å². The topological polar surface area (TPSA) is 71.8 Å². The molecule has 1 aromatic carbocycles. The second kappa shape index (κ2) is 5.93. The van der Waals surface area contributed by atoms with E-state index in [4.69, 9.17) is 9.84 Å². The van der Waals surface area contributed by atoms with Crippen molar-refractivity contribution in [1.82, 2.24) is 9.47 Å². The molecule has 2 heterocycles. The van der Waals surface area contributed by atoms with E-state index in [0.29, 0.717) is 19.6 Å². The molecule has 1 amide bonds. The van der Waals surface area contributed by atoms with Crippen molar-refractivity contribution >= 4 is 12.1 Å². The summed E-state index contributed by atoms with van der Waals surface area (Å²) in [4.78, 5) is 24.8. The summed E-state index contributed by atoms with van der Waals surface area (Å²) in [5.41, 5.74) is 2.00. The third-order valence-corrected chi connectivity index (χ3v) is 3.70. The Morgan fingerprint density at radius 2 is 1.86 bits per heavy atom. The zero-order valence-electron chi connectivity index (χ0n) is 11.9. The van der Waals surface area contributed by atoms with Gasteiger partial charge in [0.05, 0.1) is 6.54 Å². The minimum absolute atomic E-state index is 0.234. The molecular weight excluding hydrogens is 284 g/mol. The lowest BCUT2D eigenvalue weighted by Gasteiger charge is -2.28. The van der Waals surface area contributed by atoms with Crippen LogP contribution in [0.25, 0.3) is 0 Å². The van der Waals surface area contributed by atoms with E-state index in [0.717, 1.165) is 11.3 Å². The molecule has 1 aliphatic heterocycles. The SMILES string of the molecule is O=C(O)c1ccc2n1CCN(C(=O)OCc1ccccc1)C2. The van der Waals surface area contributed by atoms with Crippen LogP contribution < -0.4 is 0 Å². The molecular formula is C16H16N2O4. The first-order valence-corrected chi connectivity index (χ1v) is 7.02. The van der Waals surface area contributed by atoms with Crippen LogP contribution in [0.3, 0.4) is 0 Å². The summed E-state index contributed by atoms with van der Waals surface area (Å²) in [6, 6.07) is 12.8. The van der Waals surface area contributed by atoms with E-state index < -0.39 is 5.97 Å². The van der Waals surface area contributed by atoms with Crippen molar-refractivity contribution in [2.45, 2.75) is 19.7 Å². The van der Waals surface area contributed by atoms with Crippen LogP contribution in [0.15, 0.2) is 42.5 Å². The highest BCUT2D eigenvalue weighted by Crippen LogP contribution is 2.18. The maximum absolute atomic E-state index is 12.1. The molecule has 0 unspecified atom stereocenters. The molecule has 6 heteroatoms. The number of carbonyl (C=O) groups excluding carboxylic acids is 1. The van der Waals surface area contributed by atoms with Gasteiger partial charge in [0.2, 0.25) is 0 Å². The third kappa shape index (κ3) is 2.81. The minimum Gasteiger partial charge on any atom is -0.477 e. The second-order valence-corrected chi connectivity index (χ2v) is 5.13. The van der Waals surface area contributed by atoms with E-state index in [1.165, 1.54) is 0 Å². The van der Waals surface area contributed by atoms with Gasteiger partial charge in [0, 0.05) is 18.8 Å². The molecule has 0 radical (unpaired) electrons.